The van der Waals surface area contributed by atoms with E-state index in [4.69, 9.17) is 4.74 Å². The van der Waals surface area contributed by atoms with Crippen LogP contribution in [-0.2, 0) is 13.1 Å². The molecule has 0 unspecified atom stereocenters. The fourth-order valence-corrected chi connectivity index (χ4v) is 4.72. The summed E-state index contributed by atoms with van der Waals surface area (Å²) >= 11 is 0. The Labute approximate surface area is 193 Å². The van der Waals surface area contributed by atoms with Gasteiger partial charge in [0.25, 0.3) is 0 Å². The molecule has 6 rings (SSSR count). The number of benzene rings is 5. The number of fused-ring (bicyclic) bond motifs is 3. The minimum atomic E-state index is 0.805. The lowest BCUT2D eigenvalue weighted by atomic mass is 10.1. The maximum Gasteiger partial charge on any atom is 0.245 e. The third-order valence-corrected chi connectivity index (χ3v) is 6.41. The maximum atomic E-state index is 5.54. The van der Waals surface area contributed by atoms with Crippen LogP contribution < -0.4 is 9.30 Å². The van der Waals surface area contributed by atoms with E-state index in [1.54, 1.807) is 7.11 Å². The van der Waals surface area contributed by atoms with Gasteiger partial charge in [-0.1, -0.05) is 72.8 Å². The molecule has 5 aromatic carbocycles. The summed E-state index contributed by atoms with van der Waals surface area (Å²) in [6.07, 6.45) is 2.23. The van der Waals surface area contributed by atoms with Crippen LogP contribution in [0, 0.1) is 0 Å². The molecule has 0 bridgehead atoms. The van der Waals surface area contributed by atoms with Crippen molar-refractivity contribution in [3.8, 4) is 5.75 Å². The van der Waals surface area contributed by atoms with Gasteiger partial charge in [-0.15, -0.1) is 0 Å². The Balaban J connectivity index is 1.41. The minimum absolute atomic E-state index is 0.805. The molecule has 33 heavy (non-hydrogen) atoms. The van der Waals surface area contributed by atoms with Crippen molar-refractivity contribution in [2.24, 2.45) is 0 Å². The van der Waals surface area contributed by atoms with Gasteiger partial charge in [0.1, 0.15) is 18.8 Å². The number of nitrogens with zero attached hydrogens (tertiary/aromatic N) is 2. The molecular weight excluding hydrogens is 404 g/mol. The van der Waals surface area contributed by atoms with Crippen LogP contribution in [0.5, 0.6) is 5.75 Å². The number of hydrogen-bond acceptors (Lipinski definition) is 1. The van der Waals surface area contributed by atoms with E-state index in [-0.39, 0.29) is 0 Å². The van der Waals surface area contributed by atoms with Crippen LogP contribution >= 0.6 is 0 Å². The predicted octanol–water partition coefficient (Wildman–Crippen LogP) is 6.34. The van der Waals surface area contributed by atoms with Gasteiger partial charge in [-0.3, -0.25) is 0 Å². The number of ether oxygens (including phenoxy) is 1. The molecule has 0 amide bonds. The molecule has 3 heteroatoms. The lowest BCUT2D eigenvalue weighted by Gasteiger charge is -2.03. The zero-order valence-electron chi connectivity index (χ0n) is 18.6. The summed E-state index contributed by atoms with van der Waals surface area (Å²) in [4.78, 5) is 0. The fraction of sp³-hybridized carbons (Fsp3) is 0.100. The lowest BCUT2D eigenvalue weighted by molar-refractivity contribution is -0.663. The molecule has 0 spiro atoms. The average molecular weight is 430 g/mol. The maximum absolute atomic E-state index is 5.54. The first-order valence-corrected chi connectivity index (χ1v) is 11.3. The third-order valence-electron chi connectivity index (χ3n) is 6.41. The van der Waals surface area contributed by atoms with Crippen molar-refractivity contribution in [3.63, 3.8) is 0 Å². The van der Waals surface area contributed by atoms with E-state index in [2.05, 4.69) is 113 Å². The highest BCUT2D eigenvalue weighted by molar-refractivity contribution is 5.84. The largest absolute Gasteiger partial charge is 0.497 e. The highest BCUT2D eigenvalue weighted by Crippen LogP contribution is 2.23. The number of methoxy groups -OCH3 is 1. The van der Waals surface area contributed by atoms with Crippen molar-refractivity contribution in [2.45, 2.75) is 13.1 Å². The second kappa shape index (κ2) is 8.10. The van der Waals surface area contributed by atoms with Gasteiger partial charge in [0.05, 0.1) is 7.11 Å². The van der Waals surface area contributed by atoms with Crippen molar-refractivity contribution < 1.29 is 9.30 Å². The molecular formula is C30H25N2O+. The zero-order chi connectivity index (χ0) is 22.2. The van der Waals surface area contributed by atoms with Crippen LogP contribution in [0.2, 0.25) is 0 Å². The molecule has 0 saturated heterocycles. The Morgan fingerprint density at radius 3 is 2.00 bits per heavy atom. The summed E-state index contributed by atoms with van der Waals surface area (Å²) in [5.41, 5.74) is 4.94. The van der Waals surface area contributed by atoms with Crippen molar-refractivity contribution in [1.82, 2.24) is 4.57 Å². The van der Waals surface area contributed by atoms with E-state index in [1.165, 1.54) is 43.7 Å². The molecule has 0 fully saturated rings. The van der Waals surface area contributed by atoms with Gasteiger partial charge >= 0.3 is 0 Å². The topological polar surface area (TPSA) is 18.0 Å². The van der Waals surface area contributed by atoms with E-state index < -0.39 is 0 Å². The van der Waals surface area contributed by atoms with Gasteiger partial charge in [0, 0.05) is 6.07 Å². The molecule has 0 N–H and O–H groups in total. The quantitative estimate of drug-likeness (QED) is 0.292. The minimum Gasteiger partial charge on any atom is -0.497 e. The van der Waals surface area contributed by atoms with Gasteiger partial charge < -0.3 is 4.74 Å². The van der Waals surface area contributed by atoms with E-state index in [0.29, 0.717) is 0 Å². The second-order valence-corrected chi connectivity index (χ2v) is 8.59. The van der Waals surface area contributed by atoms with Gasteiger partial charge in [0.15, 0.2) is 11.0 Å². The molecule has 6 aromatic rings. The number of aromatic nitrogens is 2. The average Bonchev–Trinajstić information content (AvgIpc) is 3.19. The van der Waals surface area contributed by atoms with Crippen molar-refractivity contribution in [2.75, 3.05) is 7.11 Å². The van der Waals surface area contributed by atoms with Gasteiger partial charge in [0.2, 0.25) is 6.33 Å². The summed E-state index contributed by atoms with van der Waals surface area (Å²) in [5.74, 6) is 0.873. The summed E-state index contributed by atoms with van der Waals surface area (Å²) in [6.45, 7) is 1.62. The number of imidazole rings is 1. The molecule has 0 aliphatic rings. The summed E-state index contributed by atoms with van der Waals surface area (Å²) in [6, 6.07) is 36.8. The molecule has 160 valence electrons. The standard InChI is InChI=1S/C30H25N2O/c1-33-28-14-15-29-30(18-28)32(20-23-11-13-25-7-3-5-9-27(25)17-23)21-31(29)19-22-10-12-24-6-2-4-8-26(24)16-22/h2-18,21H,19-20H2,1H3/q+1. The molecule has 0 aliphatic heterocycles. The molecule has 1 aromatic heterocycles. The predicted molar refractivity (Wildman–Crippen MR) is 135 cm³/mol. The molecule has 0 aliphatic carbocycles. The summed E-state index contributed by atoms with van der Waals surface area (Å²) < 4.78 is 10.2. The van der Waals surface area contributed by atoms with E-state index in [9.17, 15) is 0 Å². The van der Waals surface area contributed by atoms with E-state index in [1.807, 2.05) is 6.07 Å². The van der Waals surface area contributed by atoms with Crippen molar-refractivity contribution >= 4 is 32.6 Å². The Morgan fingerprint density at radius 2 is 1.30 bits per heavy atom. The first kappa shape index (κ1) is 19.6. The van der Waals surface area contributed by atoms with Crippen LogP contribution in [0.4, 0.5) is 0 Å². The zero-order valence-corrected chi connectivity index (χ0v) is 18.6. The highest BCUT2D eigenvalue weighted by Gasteiger charge is 2.18. The first-order valence-electron chi connectivity index (χ1n) is 11.3. The lowest BCUT2D eigenvalue weighted by Crippen LogP contribution is -2.32. The Hall–Kier alpha value is -4.11. The smallest absolute Gasteiger partial charge is 0.245 e. The summed E-state index contributed by atoms with van der Waals surface area (Å²) in [7, 11) is 1.72. The Morgan fingerprint density at radius 1 is 0.667 bits per heavy atom. The van der Waals surface area contributed by atoms with Gasteiger partial charge in [-0.2, -0.15) is 0 Å². The molecule has 0 saturated carbocycles. The number of hydrogen-bond donors (Lipinski definition) is 0. The van der Waals surface area contributed by atoms with E-state index >= 15 is 0 Å². The SMILES string of the molecule is COc1ccc2c(c1)n(Cc1ccc3ccccc3c1)c[n+]2Cc1ccc2ccccc2c1. The van der Waals surface area contributed by atoms with Crippen LogP contribution in [0.15, 0.2) is 109 Å². The monoisotopic (exact) mass is 429 g/mol. The highest BCUT2D eigenvalue weighted by atomic mass is 16.5. The normalized spacial score (nSPS) is 11.4. The molecule has 0 atom stereocenters. The van der Waals surface area contributed by atoms with Crippen LogP contribution in [0.1, 0.15) is 11.1 Å². The van der Waals surface area contributed by atoms with E-state index in [0.717, 1.165) is 18.8 Å². The Kier molecular flexibility index (Phi) is 4.80. The summed E-state index contributed by atoms with van der Waals surface area (Å²) in [5, 5.41) is 5.09. The molecule has 1 heterocycles. The molecule has 0 radical (unpaired) electrons. The first-order chi connectivity index (χ1) is 16.3. The van der Waals surface area contributed by atoms with Crippen LogP contribution in [0.25, 0.3) is 32.6 Å². The molecule has 3 nitrogen and oxygen atoms in total. The van der Waals surface area contributed by atoms with Crippen LogP contribution in [-0.4, -0.2) is 11.7 Å². The van der Waals surface area contributed by atoms with Gasteiger partial charge in [-0.05, 0) is 56.9 Å². The second-order valence-electron chi connectivity index (χ2n) is 8.59. The van der Waals surface area contributed by atoms with Crippen LogP contribution in [0.3, 0.4) is 0 Å². The van der Waals surface area contributed by atoms with Crippen molar-refractivity contribution in [1.29, 1.82) is 0 Å². The third kappa shape index (κ3) is 3.72. The fourth-order valence-electron chi connectivity index (χ4n) is 4.72. The van der Waals surface area contributed by atoms with Gasteiger partial charge in [-0.25, -0.2) is 9.13 Å². The van der Waals surface area contributed by atoms with Crippen molar-refractivity contribution in [3.05, 3.63) is 121 Å². The number of rotatable bonds is 5. The Bertz CT molecular complexity index is 1610.